The van der Waals surface area contributed by atoms with E-state index in [0.29, 0.717) is 38.6 Å². The van der Waals surface area contributed by atoms with Crippen LogP contribution in [-0.4, -0.2) is 65.6 Å². The zero-order chi connectivity index (χ0) is 15.4. The monoisotopic (exact) mass is 324 g/mol. The van der Waals surface area contributed by atoms with Crippen molar-refractivity contribution < 1.29 is 14.3 Å². The highest BCUT2D eigenvalue weighted by atomic mass is 32.2. The maximum absolute atomic E-state index is 12.7. The van der Waals surface area contributed by atoms with Crippen molar-refractivity contribution in [2.45, 2.75) is 38.1 Å². The Bertz CT molecular complexity index is 460. The summed E-state index contributed by atoms with van der Waals surface area (Å²) in [4.78, 5) is 28.9. The summed E-state index contributed by atoms with van der Waals surface area (Å²) in [6.45, 7) is 2.50. The second-order valence-electron chi connectivity index (χ2n) is 6.10. The first kappa shape index (κ1) is 15.9. The van der Waals surface area contributed by atoms with E-state index in [4.69, 9.17) is 4.74 Å². The Morgan fingerprint density at radius 1 is 1.27 bits per heavy atom. The SMILES string of the molecule is O=C(C1CSCN1C(=O)CC1=CCCCC1)N1CCOCC1. The molecule has 3 rings (SSSR count). The molecule has 0 aromatic carbocycles. The molecule has 2 aliphatic heterocycles. The van der Waals surface area contributed by atoms with Gasteiger partial charge >= 0.3 is 0 Å². The second-order valence-corrected chi connectivity index (χ2v) is 7.10. The molecule has 122 valence electrons. The van der Waals surface area contributed by atoms with Crippen LogP contribution < -0.4 is 0 Å². The van der Waals surface area contributed by atoms with Gasteiger partial charge in [-0.1, -0.05) is 11.6 Å². The fourth-order valence-electron chi connectivity index (χ4n) is 3.25. The number of carbonyl (C=O) groups is 2. The largest absolute Gasteiger partial charge is 0.378 e. The summed E-state index contributed by atoms with van der Waals surface area (Å²) in [5.41, 5.74) is 1.26. The van der Waals surface area contributed by atoms with E-state index in [9.17, 15) is 9.59 Å². The maximum atomic E-state index is 12.7. The number of morpholine rings is 1. The molecule has 1 unspecified atom stereocenters. The molecule has 2 amide bonds. The molecule has 0 aromatic rings. The molecular weight excluding hydrogens is 300 g/mol. The maximum Gasteiger partial charge on any atom is 0.246 e. The van der Waals surface area contributed by atoms with Crippen molar-refractivity contribution in [1.29, 1.82) is 0 Å². The Morgan fingerprint density at radius 2 is 2.09 bits per heavy atom. The zero-order valence-corrected chi connectivity index (χ0v) is 13.8. The number of allylic oxidation sites excluding steroid dienone is 1. The van der Waals surface area contributed by atoms with Crippen LogP contribution in [0.3, 0.4) is 0 Å². The van der Waals surface area contributed by atoms with E-state index in [2.05, 4.69) is 6.08 Å². The van der Waals surface area contributed by atoms with E-state index >= 15 is 0 Å². The van der Waals surface area contributed by atoms with Gasteiger partial charge in [0.25, 0.3) is 0 Å². The highest BCUT2D eigenvalue weighted by Gasteiger charge is 2.37. The number of thioether (sulfide) groups is 1. The van der Waals surface area contributed by atoms with Crippen molar-refractivity contribution in [3.8, 4) is 0 Å². The van der Waals surface area contributed by atoms with Crippen molar-refractivity contribution in [3.05, 3.63) is 11.6 Å². The number of ether oxygens (including phenoxy) is 1. The Kier molecular flexibility index (Phi) is 5.41. The molecule has 2 saturated heterocycles. The summed E-state index contributed by atoms with van der Waals surface area (Å²) >= 11 is 1.68. The molecule has 0 aromatic heterocycles. The van der Waals surface area contributed by atoms with Gasteiger partial charge in [-0.15, -0.1) is 11.8 Å². The molecule has 0 radical (unpaired) electrons. The smallest absolute Gasteiger partial charge is 0.246 e. The lowest BCUT2D eigenvalue weighted by Crippen LogP contribution is -2.52. The summed E-state index contributed by atoms with van der Waals surface area (Å²) in [5.74, 6) is 1.58. The van der Waals surface area contributed by atoms with Crippen LogP contribution in [0, 0.1) is 0 Å². The van der Waals surface area contributed by atoms with E-state index in [-0.39, 0.29) is 17.9 Å². The second kappa shape index (κ2) is 7.51. The van der Waals surface area contributed by atoms with Gasteiger partial charge in [0.05, 0.1) is 19.1 Å². The molecule has 1 aliphatic carbocycles. The fraction of sp³-hybridized carbons (Fsp3) is 0.750. The number of hydrogen-bond donors (Lipinski definition) is 0. The zero-order valence-electron chi connectivity index (χ0n) is 13.0. The van der Waals surface area contributed by atoms with Gasteiger partial charge in [-0.3, -0.25) is 9.59 Å². The molecule has 2 heterocycles. The summed E-state index contributed by atoms with van der Waals surface area (Å²) in [6, 6.07) is -0.278. The van der Waals surface area contributed by atoms with Gasteiger partial charge in [0, 0.05) is 25.3 Å². The summed E-state index contributed by atoms with van der Waals surface area (Å²) in [7, 11) is 0. The molecule has 2 fully saturated rings. The van der Waals surface area contributed by atoms with Crippen molar-refractivity contribution in [2.75, 3.05) is 37.9 Å². The summed E-state index contributed by atoms with van der Waals surface area (Å²) in [6.07, 6.45) is 7.25. The third-order valence-corrected chi connectivity index (χ3v) is 5.59. The van der Waals surface area contributed by atoms with Crippen LogP contribution >= 0.6 is 11.8 Å². The Hall–Kier alpha value is -1.01. The first-order valence-electron chi connectivity index (χ1n) is 8.17. The van der Waals surface area contributed by atoms with E-state index in [0.717, 1.165) is 18.6 Å². The summed E-state index contributed by atoms with van der Waals surface area (Å²) < 4.78 is 5.30. The van der Waals surface area contributed by atoms with Crippen molar-refractivity contribution in [3.63, 3.8) is 0 Å². The quantitative estimate of drug-likeness (QED) is 0.741. The molecule has 3 aliphatic rings. The first-order chi connectivity index (χ1) is 10.8. The molecule has 6 heteroatoms. The van der Waals surface area contributed by atoms with Gasteiger partial charge in [-0.2, -0.15) is 0 Å². The normalized spacial score (nSPS) is 26.0. The first-order valence-corrected chi connectivity index (χ1v) is 9.33. The van der Waals surface area contributed by atoms with E-state index in [1.807, 2.05) is 4.90 Å². The van der Waals surface area contributed by atoms with Crippen molar-refractivity contribution in [2.24, 2.45) is 0 Å². The number of amides is 2. The predicted molar refractivity (Wildman–Crippen MR) is 86.5 cm³/mol. The number of carbonyl (C=O) groups excluding carboxylic acids is 2. The third kappa shape index (κ3) is 3.66. The van der Waals surface area contributed by atoms with Crippen LogP contribution in [-0.2, 0) is 14.3 Å². The van der Waals surface area contributed by atoms with Gasteiger partial charge in [0.15, 0.2) is 0 Å². The fourth-order valence-corrected chi connectivity index (χ4v) is 4.42. The van der Waals surface area contributed by atoms with Crippen LogP contribution in [0.1, 0.15) is 32.1 Å². The number of rotatable bonds is 3. The lowest BCUT2D eigenvalue weighted by molar-refractivity contribution is -0.145. The van der Waals surface area contributed by atoms with Crippen LogP contribution in [0.25, 0.3) is 0 Å². The molecule has 0 spiro atoms. The molecule has 5 nitrogen and oxygen atoms in total. The van der Waals surface area contributed by atoms with Gasteiger partial charge in [0.2, 0.25) is 11.8 Å². The highest BCUT2D eigenvalue weighted by Crippen LogP contribution is 2.27. The standard InChI is InChI=1S/C16H24N2O3S/c19-15(10-13-4-2-1-3-5-13)18-12-22-11-14(18)16(20)17-6-8-21-9-7-17/h4,14H,1-3,5-12H2. The van der Waals surface area contributed by atoms with E-state index < -0.39 is 0 Å². The molecule has 0 N–H and O–H groups in total. The molecule has 0 saturated carbocycles. The topological polar surface area (TPSA) is 49.9 Å². The van der Waals surface area contributed by atoms with Crippen LogP contribution in [0.2, 0.25) is 0 Å². The van der Waals surface area contributed by atoms with Crippen LogP contribution in [0.15, 0.2) is 11.6 Å². The molecule has 22 heavy (non-hydrogen) atoms. The van der Waals surface area contributed by atoms with Gasteiger partial charge < -0.3 is 14.5 Å². The van der Waals surface area contributed by atoms with Crippen molar-refractivity contribution >= 4 is 23.6 Å². The molecule has 1 atom stereocenters. The highest BCUT2D eigenvalue weighted by molar-refractivity contribution is 7.99. The van der Waals surface area contributed by atoms with Crippen molar-refractivity contribution in [1.82, 2.24) is 9.80 Å². The summed E-state index contributed by atoms with van der Waals surface area (Å²) in [5, 5.41) is 0. The minimum Gasteiger partial charge on any atom is -0.378 e. The Labute approximate surface area is 136 Å². The molecule has 0 bridgehead atoms. The lowest BCUT2D eigenvalue weighted by Gasteiger charge is -2.32. The third-order valence-electron chi connectivity index (χ3n) is 4.57. The number of nitrogens with zero attached hydrogens (tertiary/aromatic N) is 2. The Morgan fingerprint density at radius 3 is 2.82 bits per heavy atom. The average molecular weight is 324 g/mol. The van der Waals surface area contributed by atoms with Crippen LogP contribution in [0.4, 0.5) is 0 Å². The Balaban J connectivity index is 1.60. The number of hydrogen-bond acceptors (Lipinski definition) is 4. The lowest BCUT2D eigenvalue weighted by atomic mass is 9.96. The average Bonchev–Trinajstić information content (AvgIpc) is 3.05. The minimum atomic E-state index is -0.278. The van der Waals surface area contributed by atoms with E-state index in [1.165, 1.54) is 18.4 Å². The van der Waals surface area contributed by atoms with Gasteiger partial charge in [-0.05, 0) is 25.7 Å². The predicted octanol–water partition coefficient (Wildman–Crippen LogP) is 1.64. The molecular formula is C16H24N2O3S. The van der Waals surface area contributed by atoms with Gasteiger partial charge in [-0.25, -0.2) is 0 Å². The minimum absolute atomic E-state index is 0.0965. The van der Waals surface area contributed by atoms with E-state index in [1.54, 1.807) is 16.7 Å². The van der Waals surface area contributed by atoms with Gasteiger partial charge in [0.1, 0.15) is 6.04 Å². The van der Waals surface area contributed by atoms with Crippen LogP contribution in [0.5, 0.6) is 0 Å².